The van der Waals surface area contributed by atoms with Crippen molar-refractivity contribution in [3.8, 4) is 11.1 Å². The van der Waals surface area contributed by atoms with Gasteiger partial charge in [0.1, 0.15) is 16.2 Å². The molecule has 216 valence electrons. The third kappa shape index (κ3) is 7.14. The Bertz CT molecular complexity index is 1360. The number of hydrogen-bond acceptors (Lipinski definition) is 7. The molecule has 3 saturated heterocycles. The van der Waals surface area contributed by atoms with E-state index < -0.39 is 18.0 Å². The molecule has 11 heteroatoms. The topological polar surface area (TPSA) is 82.2 Å². The highest BCUT2D eigenvalue weighted by Gasteiger charge is 2.33. The van der Waals surface area contributed by atoms with Crippen molar-refractivity contribution >= 4 is 58.0 Å². The van der Waals surface area contributed by atoms with Crippen LogP contribution in [0.25, 0.3) is 17.2 Å². The van der Waals surface area contributed by atoms with Gasteiger partial charge in [0.05, 0.1) is 23.7 Å². The van der Waals surface area contributed by atoms with Crippen LogP contribution < -0.4 is 10.2 Å². The maximum Gasteiger partial charge on any atom is 0.414 e. The lowest BCUT2D eigenvalue weighted by molar-refractivity contribution is -0.122. The van der Waals surface area contributed by atoms with Crippen LogP contribution in [0.3, 0.4) is 0 Å². The lowest BCUT2D eigenvalue weighted by Crippen LogP contribution is -2.34. The monoisotopic (exact) mass is 596 g/mol. The average molecular weight is 597 g/mol. The SMILES string of the molecule is CC(=O)NC[C@H]1CN(c2ccc(-c3ccc(/C=C4\SC(=S)N(CCCN5CCCCC5)C4=O)cc3)c(F)c2)C(=O)O1. The highest BCUT2D eigenvalue weighted by molar-refractivity contribution is 8.26. The van der Waals surface area contributed by atoms with Crippen molar-refractivity contribution in [2.75, 3.05) is 44.2 Å². The first-order valence-corrected chi connectivity index (χ1v) is 15.1. The Kier molecular flexibility index (Phi) is 9.36. The van der Waals surface area contributed by atoms with Crippen LogP contribution in [0.5, 0.6) is 0 Å². The van der Waals surface area contributed by atoms with Gasteiger partial charge in [-0.1, -0.05) is 54.7 Å². The summed E-state index contributed by atoms with van der Waals surface area (Å²) in [5.41, 5.74) is 2.27. The molecule has 0 bridgehead atoms. The zero-order valence-electron chi connectivity index (χ0n) is 22.9. The molecule has 1 N–H and O–H groups in total. The summed E-state index contributed by atoms with van der Waals surface area (Å²) in [7, 11) is 0. The molecule has 0 aromatic heterocycles. The predicted octanol–water partition coefficient (Wildman–Crippen LogP) is 5.03. The molecule has 0 unspecified atom stereocenters. The minimum absolute atomic E-state index is 0.0656. The van der Waals surface area contributed by atoms with Crippen molar-refractivity contribution < 1.29 is 23.5 Å². The maximum atomic E-state index is 15.1. The Labute approximate surface area is 248 Å². The van der Waals surface area contributed by atoms with E-state index in [0.29, 0.717) is 32.6 Å². The fraction of sp³-hybridized carbons (Fsp3) is 0.400. The summed E-state index contributed by atoms with van der Waals surface area (Å²) in [6, 6.07) is 11.9. The van der Waals surface area contributed by atoms with Crippen molar-refractivity contribution in [3.63, 3.8) is 0 Å². The Morgan fingerprint density at radius 1 is 1.12 bits per heavy atom. The Morgan fingerprint density at radius 3 is 2.59 bits per heavy atom. The molecule has 1 atom stereocenters. The highest BCUT2D eigenvalue weighted by Crippen LogP contribution is 2.34. The summed E-state index contributed by atoms with van der Waals surface area (Å²) in [6.07, 6.45) is 5.44. The number of ether oxygens (including phenoxy) is 1. The van der Waals surface area contributed by atoms with Gasteiger partial charge in [-0.15, -0.1) is 0 Å². The summed E-state index contributed by atoms with van der Waals surface area (Å²) < 4.78 is 21.0. The normalized spacial score (nSPS) is 20.7. The number of benzene rings is 2. The molecule has 0 saturated carbocycles. The van der Waals surface area contributed by atoms with Crippen LogP contribution in [-0.2, 0) is 14.3 Å². The summed E-state index contributed by atoms with van der Waals surface area (Å²) in [5.74, 6) is -0.752. The summed E-state index contributed by atoms with van der Waals surface area (Å²) >= 11 is 6.81. The molecule has 0 aliphatic carbocycles. The van der Waals surface area contributed by atoms with Crippen molar-refractivity contribution in [3.05, 3.63) is 58.8 Å². The first kappa shape index (κ1) is 29.2. The first-order valence-electron chi connectivity index (χ1n) is 13.9. The molecule has 3 heterocycles. The quantitative estimate of drug-likeness (QED) is 0.321. The van der Waals surface area contributed by atoms with E-state index in [1.165, 1.54) is 48.9 Å². The number of carbonyl (C=O) groups is 3. The molecule has 3 amide bonds. The molecule has 0 radical (unpaired) electrons. The number of nitrogens with zero attached hydrogens (tertiary/aromatic N) is 3. The smallest absolute Gasteiger partial charge is 0.414 e. The number of cyclic esters (lactones) is 1. The lowest BCUT2D eigenvalue weighted by Gasteiger charge is -2.27. The molecular formula is C30H33FN4O4S2. The van der Waals surface area contributed by atoms with Crippen LogP contribution in [0, 0.1) is 5.82 Å². The first-order chi connectivity index (χ1) is 19.8. The number of anilines is 1. The van der Waals surface area contributed by atoms with Gasteiger partial charge in [-0.3, -0.25) is 19.4 Å². The number of likely N-dealkylation sites (tertiary alicyclic amines) is 1. The van der Waals surface area contributed by atoms with Crippen LogP contribution in [0.15, 0.2) is 47.4 Å². The van der Waals surface area contributed by atoms with Gasteiger partial charge in [-0.25, -0.2) is 9.18 Å². The minimum Gasteiger partial charge on any atom is -0.442 e. The number of amides is 3. The fourth-order valence-electron chi connectivity index (χ4n) is 5.24. The Morgan fingerprint density at radius 2 is 1.88 bits per heavy atom. The van der Waals surface area contributed by atoms with Gasteiger partial charge in [0, 0.05) is 19.0 Å². The van der Waals surface area contributed by atoms with Gasteiger partial charge >= 0.3 is 6.09 Å². The highest BCUT2D eigenvalue weighted by atomic mass is 32.2. The number of piperidine rings is 1. The number of hydrogen-bond donors (Lipinski definition) is 1. The number of nitrogens with one attached hydrogen (secondary N) is 1. The van der Waals surface area contributed by atoms with E-state index in [2.05, 4.69) is 10.2 Å². The van der Waals surface area contributed by atoms with Crippen molar-refractivity contribution in [1.82, 2.24) is 15.1 Å². The molecule has 0 spiro atoms. The minimum atomic E-state index is -0.579. The van der Waals surface area contributed by atoms with E-state index in [9.17, 15) is 14.4 Å². The van der Waals surface area contributed by atoms with E-state index in [0.717, 1.165) is 31.6 Å². The van der Waals surface area contributed by atoms with Gasteiger partial charge in [0.15, 0.2) is 0 Å². The van der Waals surface area contributed by atoms with Crippen LogP contribution in [0.1, 0.15) is 38.2 Å². The largest absolute Gasteiger partial charge is 0.442 e. The third-order valence-corrected chi connectivity index (χ3v) is 8.79. The van der Waals surface area contributed by atoms with E-state index >= 15 is 4.39 Å². The van der Waals surface area contributed by atoms with Gasteiger partial charge in [0.25, 0.3) is 5.91 Å². The van der Waals surface area contributed by atoms with E-state index in [1.807, 2.05) is 18.2 Å². The summed E-state index contributed by atoms with van der Waals surface area (Å²) in [4.78, 5) is 42.5. The molecule has 3 aliphatic rings. The second-order valence-electron chi connectivity index (χ2n) is 10.4. The molecule has 5 rings (SSSR count). The van der Waals surface area contributed by atoms with Gasteiger partial charge in [0.2, 0.25) is 5.91 Å². The standard InChI is InChI=1S/C30H33FN4O4S2/c1-20(36)32-18-24-19-35(29(38)39-24)23-10-11-25(26(31)17-23)22-8-6-21(7-9-22)16-27-28(37)34(30(40)41-27)15-5-14-33-12-3-2-4-13-33/h6-11,16-17,24H,2-5,12-15,18-19H2,1H3,(H,32,36)/b27-16-/t24-/m0/s1. The second kappa shape index (κ2) is 13.1. The molecule has 8 nitrogen and oxygen atoms in total. The Balaban J connectivity index is 1.20. The molecule has 41 heavy (non-hydrogen) atoms. The zero-order valence-corrected chi connectivity index (χ0v) is 24.6. The number of thioether (sulfide) groups is 1. The van der Waals surface area contributed by atoms with Crippen LogP contribution >= 0.6 is 24.0 Å². The molecule has 3 fully saturated rings. The predicted molar refractivity (Wildman–Crippen MR) is 163 cm³/mol. The lowest BCUT2D eigenvalue weighted by atomic mass is 10.0. The molecule has 3 aliphatic heterocycles. The van der Waals surface area contributed by atoms with Crippen molar-refractivity contribution in [2.24, 2.45) is 0 Å². The third-order valence-electron chi connectivity index (χ3n) is 7.41. The van der Waals surface area contributed by atoms with Crippen LogP contribution in [0.2, 0.25) is 0 Å². The number of halogens is 1. The second-order valence-corrected chi connectivity index (χ2v) is 12.1. The van der Waals surface area contributed by atoms with Crippen molar-refractivity contribution in [1.29, 1.82) is 0 Å². The summed E-state index contributed by atoms with van der Waals surface area (Å²) in [6.45, 7) is 5.69. The maximum absolute atomic E-state index is 15.1. The van der Waals surface area contributed by atoms with Crippen LogP contribution in [0.4, 0.5) is 14.9 Å². The number of carbonyl (C=O) groups excluding carboxylic acids is 3. The summed E-state index contributed by atoms with van der Waals surface area (Å²) in [5, 5.41) is 2.62. The molecule has 2 aromatic rings. The van der Waals surface area contributed by atoms with Crippen LogP contribution in [-0.4, -0.2) is 77.4 Å². The van der Waals surface area contributed by atoms with Gasteiger partial charge < -0.3 is 15.0 Å². The number of rotatable bonds is 9. The van der Waals surface area contributed by atoms with E-state index in [-0.39, 0.29) is 24.9 Å². The Hall–Kier alpha value is -3.28. The number of thiocarbonyl (C=S) groups is 1. The average Bonchev–Trinajstić information content (AvgIpc) is 3.46. The fourth-order valence-corrected chi connectivity index (χ4v) is 6.55. The molecular weight excluding hydrogens is 563 g/mol. The molecule has 2 aromatic carbocycles. The van der Waals surface area contributed by atoms with Gasteiger partial charge in [-0.05, 0) is 74.3 Å². The van der Waals surface area contributed by atoms with Gasteiger partial charge in [-0.2, -0.15) is 0 Å². The van der Waals surface area contributed by atoms with E-state index in [4.69, 9.17) is 17.0 Å². The zero-order chi connectivity index (χ0) is 28.9. The van der Waals surface area contributed by atoms with E-state index in [1.54, 1.807) is 29.2 Å². The van der Waals surface area contributed by atoms with Crippen molar-refractivity contribution in [2.45, 2.75) is 38.7 Å².